The number of aryl methyl sites for hydroxylation is 3. The van der Waals surface area contributed by atoms with Crippen molar-refractivity contribution in [3.05, 3.63) is 69.6 Å². The summed E-state index contributed by atoms with van der Waals surface area (Å²) >= 11 is 0. The fourth-order valence-corrected chi connectivity index (χ4v) is 2.70. The molecular weight excluding hydrogens is 330 g/mol. The summed E-state index contributed by atoms with van der Waals surface area (Å²) in [6, 6.07) is 12.6. The topological polar surface area (TPSA) is 68.5 Å². The van der Waals surface area contributed by atoms with E-state index >= 15 is 0 Å². The van der Waals surface area contributed by atoms with Crippen LogP contribution >= 0.6 is 0 Å². The minimum atomic E-state index is -0.677. The number of nitrogens with one attached hydrogen (secondary N) is 1. The molecule has 0 aliphatic carbocycles. The Kier molecular flexibility index (Phi) is 4.80. The zero-order chi connectivity index (χ0) is 18.8. The molecule has 0 spiro atoms. The van der Waals surface area contributed by atoms with Crippen LogP contribution in [0.25, 0.3) is 11.0 Å². The number of hydrogen-bond acceptors (Lipinski definition) is 4. The lowest BCUT2D eigenvalue weighted by Gasteiger charge is -2.17. The number of anilines is 1. The molecule has 5 heteroatoms. The lowest BCUT2D eigenvalue weighted by molar-refractivity contribution is -0.122. The van der Waals surface area contributed by atoms with Gasteiger partial charge >= 0.3 is 5.63 Å². The highest BCUT2D eigenvalue weighted by Crippen LogP contribution is 2.27. The molecule has 0 bridgehead atoms. The van der Waals surface area contributed by atoms with Gasteiger partial charge in [-0.05, 0) is 63.1 Å². The third-order valence-corrected chi connectivity index (χ3v) is 4.24. The Hall–Kier alpha value is -3.08. The lowest BCUT2D eigenvalue weighted by Crippen LogP contribution is -2.30. The van der Waals surface area contributed by atoms with Crippen molar-refractivity contribution >= 4 is 22.6 Å². The van der Waals surface area contributed by atoms with Crippen LogP contribution < -0.4 is 15.7 Å². The largest absolute Gasteiger partial charge is 0.481 e. The van der Waals surface area contributed by atoms with Crippen LogP contribution in [0.4, 0.5) is 5.69 Å². The number of benzene rings is 2. The first kappa shape index (κ1) is 17.7. The van der Waals surface area contributed by atoms with Crippen molar-refractivity contribution in [2.24, 2.45) is 0 Å². The minimum absolute atomic E-state index is 0.232. The van der Waals surface area contributed by atoms with E-state index in [1.54, 1.807) is 19.1 Å². The third kappa shape index (κ3) is 3.77. The molecule has 1 heterocycles. The summed E-state index contributed by atoms with van der Waals surface area (Å²) in [5, 5.41) is 3.63. The summed E-state index contributed by atoms with van der Waals surface area (Å²) in [6.07, 6.45) is -0.677. The molecule has 0 fully saturated rings. The monoisotopic (exact) mass is 351 g/mol. The maximum absolute atomic E-state index is 12.4. The first-order valence-corrected chi connectivity index (χ1v) is 8.43. The van der Waals surface area contributed by atoms with Crippen molar-refractivity contribution < 1.29 is 13.9 Å². The Morgan fingerprint density at radius 1 is 1.04 bits per heavy atom. The molecule has 5 nitrogen and oxygen atoms in total. The molecule has 1 amide bonds. The van der Waals surface area contributed by atoms with Gasteiger partial charge in [0.25, 0.3) is 5.91 Å². The van der Waals surface area contributed by atoms with Crippen molar-refractivity contribution in [3.63, 3.8) is 0 Å². The summed E-state index contributed by atoms with van der Waals surface area (Å²) < 4.78 is 11.1. The smallest absolute Gasteiger partial charge is 0.336 e. The summed E-state index contributed by atoms with van der Waals surface area (Å²) in [5.74, 6) is 0.352. The number of hydrogen-bond donors (Lipinski definition) is 1. The first-order chi connectivity index (χ1) is 12.3. The van der Waals surface area contributed by atoms with Crippen LogP contribution in [-0.4, -0.2) is 12.0 Å². The average Bonchev–Trinajstić information content (AvgIpc) is 2.58. The second-order valence-corrected chi connectivity index (χ2v) is 6.48. The van der Waals surface area contributed by atoms with E-state index in [1.165, 1.54) is 6.07 Å². The van der Waals surface area contributed by atoms with Gasteiger partial charge in [-0.25, -0.2) is 4.79 Å². The van der Waals surface area contributed by atoms with Gasteiger partial charge in [-0.3, -0.25) is 4.79 Å². The standard InChI is InChI=1S/C21H21NO4/c1-12-5-7-16(8-6-12)22-21(24)15(4)25-18-11-17-13(2)10-20(23)26-19(17)9-14(18)3/h5-11,15H,1-4H3,(H,22,24)/t15-/m1/s1. The van der Waals surface area contributed by atoms with Crippen LogP contribution in [0.1, 0.15) is 23.6 Å². The molecular formula is C21H21NO4. The Morgan fingerprint density at radius 2 is 1.73 bits per heavy atom. The molecule has 26 heavy (non-hydrogen) atoms. The highest BCUT2D eigenvalue weighted by molar-refractivity contribution is 5.94. The Labute approximate surface area is 151 Å². The number of ether oxygens (including phenoxy) is 1. The highest BCUT2D eigenvalue weighted by Gasteiger charge is 2.17. The van der Waals surface area contributed by atoms with E-state index < -0.39 is 6.10 Å². The molecule has 3 aromatic rings. The molecule has 0 unspecified atom stereocenters. The van der Waals surface area contributed by atoms with Crippen molar-refractivity contribution in [1.29, 1.82) is 0 Å². The van der Waals surface area contributed by atoms with Gasteiger partial charge < -0.3 is 14.5 Å². The van der Waals surface area contributed by atoms with Gasteiger partial charge in [-0.15, -0.1) is 0 Å². The highest BCUT2D eigenvalue weighted by atomic mass is 16.5. The Morgan fingerprint density at radius 3 is 2.42 bits per heavy atom. The zero-order valence-electron chi connectivity index (χ0n) is 15.3. The SMILES string of the molecule is Cc1ccc(NC(=O)[C@@H](C)Oc2cc3c(C)cc(=O)oc3cc2C)cc1. The van der Waals surface area contributed by atoms with E-state index in [4.69, 9.17) is 9.15 Å². The second kappa shape index (κ2) is 7.04. The van der Waals surface area contributed by atoms with Crippen LogP contribution in [0, 0.1) is 20.8 Å². The summed E-state index contributed by atoms with van der Waals surface area (Å²) in [7, 11) is 0. The van der Waals surface area contributed by atoms with E-state index in [-0.39, 0.29) is 11.5 Å². The summed E-state index contributed by atoms with van der Waals surface area (Å²) in [5.41, 5.74) is 3.58. The van der Waals surface area contributed by atoms with E-state index in [0.717, 1.165) is 27.8 Å². The second-order valence-electron chi connectivity index (χ2n) is 6.48. The first-order valence-electron chi connectivity index (χ1n) is 8.43. The van der Waals surface area contributed by atoms with Crippen LogP contribution in [-0.2, 0) is 4.79 Å². The van der Waals surface area contributed by atoms with Gasteiger partial charge in [0.2, 0.25) is 0 Å². The normalized spacial score (nSPS) is 12.0. The molecule has 0 radical (unpaired) electrons. The zero-order valence-corrected chi connectivity index (χ0v) is 15.3. The van der Waals surface area contributed by atoms with Crippen molar-refractivity contribution in [2.45, 2.75) is 33.8 Å². The molecule has 0 saturated heterocycles. The van der Waals surface area contributed by atoms with Crippen molar-refractivity contribution in [1.82, 2.24) is 0 Å². The predicted molar refractivity (Wildman–Crippen MR) is 102 cm³/mol. The molecule has 1 atom stereocenters. The van der Waals surface area contributed by atoms with Crippen LogP contribution in [0.3, 0.4) is 0 Å². The van der Waals surface area contributed by atoms with Crippen molar-refractivity contribution in [3.8, 4) is 5.75 Å². The van der Waals surface area contributed by atoms with Gasteiger partial charge in [-0.2, -0.15) is 0 Å². The van der Waals surface area contributed by atoms with Crippen LogP contribution in [0.5, 0.6) is 5.75 Å². The van der Waals surface area contributed by atoms with Gasteiger partial charge in [0, 0.05) is 17.1 Å². The summed E-state index contributed by atoms with van der Waals surface area (Å²) in [4.78, 5) is 23.9. The van der Waals surface area contributed by atoms with E-state index in [9.17, 15) is 9.59 Å². The van der Waals surface area contributed by atoms with Gasteiger partial charge in [0.15, 0.2) is 6.10 Å². The number of carbonyl (C=O) groups is 1. The Balaban J connectivity index is 1.81. The number of amides is 1. The number of carbonyl (C=O) groups excluding carboxylic acids is 1. The van der Waals surface area contributed by atoms with E-state index in [2.05, 4.69) is 5.32 Å². The molecule has 2 aromatic carbocycles. The van der Waals surface area contributed by atoms with E-state index in [0.29, 0.717) is 11.3 Å². The number of fused-ring (bicyclic) bond motifs is 1. The predicted octanol–water partition coefficient (Wildman–Crippen LogP) is 4.12. The fraction of sp³-hybridized carbons (Fsp3) is 0.238. The molecule has 1 aromatic heterocycles. The molecule has 0 aliphatic heterocycles. The molecule has 0 aliphatic rings. The third-order valence-electron chi connectivity index (χ3n) is 4.24. The van der Waals surface area contributed by atoms with Crippen molar-refractivity contribution in [2.75, 3.05) is 5.32 Å². The Bertz CT molecular complexity index is 1020. The summed E-state index contributed by atoms with van der Waals surface area (Å²) in [6.45, 7) is 7.38. The molecule has 1 N–H and O–H groups in total. The van der Waals surface area contributed by atoms with Gasteiger partial charge in [0.05, 0.1) is 0 Å². The minimum Gasteiger partial charge on any atom is -0.481 e. The molecule has 134 valence electrons. The average molecular weight is 351 g/mol. The lowest BCUT2D eigenvalue weighted by atomic mass is 10.1. The fourth-order valence-electron chi connectivity index (χ4n) is 2.70. The molecule has 0 saturated carbocycles. The van der Waals surface area contributed by atoms with E-state index in [1.807, 2.05) is 45.0 Å². The molecule has 3 rings (SSSR count). The maximum atomic E-state index is 12.4. The van der Waals surface area contributed by atoms with Crippen LogP contribution in [0.2, 0.25) is 0 Å². The number of rotatable bonds is 4. The van der Waals surface area contributed by atoms with Crippen LogP contribution in [0.15, 0.2) is 51.7 Å². The van der Waals surface area contributed by atoms with Gasteiger partial charge in [-0.1, -0.05) is 17.7 Å². The maximum Gasteiger partial charge on any atom is 0.336 e. The van der Waals surface area contributed by atoms with Gasteiger partial charge in [0.1, 0.15) is 11.3 Å². The quantitative estimate of drug-likeness (QED) is 0.718.